The van der Waals surface area contributed by atoms with Gasteiger partial charge in [0, 0.05) is 18.1 Å². The zero-order valence-corrected chi connectivity index (χ0v) is 15.4. The number of carbonyl (C=O) groups excluding carboxylic acids is 2. The molecule has 136 valence electrons. The van der Waals surface area contributed by atoms with Gasteiger partial charge in [-0.05, 0) is 48.0 Å². The molecule has 2 rings (SSSR count). The van der Waals surface area contributed by atoms with Crippen LogP contribution in [0.1, 0.15) is 15.9 Å². The Labute approximate surface area is 157 Å². The van der Waals surface area contributed by atoms with E-state index in [-0.39, 0.29) is 5.91 Å². The van der Waals surface area contributed by atoms with Crippen LogP contribution in [0, 0.1) is 0 Å². The lowest BCUT2D eigenvalue weighted by Gasteiger charge is -2.15. The molecule has 0 saturated carbocycles. The molecule has 0 aliphatic carbocycles. The summed E-state index contributed by atoms with van der Waals surface area (Å²) in [7, 11) is 3.04. The molecule has 0 aliphatic rings. The Morgan fingerprint density at radius 1 is 1.08 bits per heavy atom. The van der Waals surface area contributed by atoms with Gasteiger partial charge in [0.2, 0.25) is 5.91 Å². The average Bonchev–Trinajstić information content (AvgIpc) is 2.67. The van der Waals surface area contributed by atoms with Crippen LogP contribution in [0.5, 0.6) is 5.75 Å². The summed E-state index contributed by atoms with van der Waals surface area (Å²) in [5, 5.41) is 0.648. The van der Waals surface area contributed by atoms with Gasteiger partial charge < -0.3 is 14.4 Å². The van der Waals surface area contributed by atoms with E-state index in [1.165, 1.54) is 13.2 Å². The van der Waals surface area contributed by atoms with Crippen molar-refractivity contribution in [2.24, 2.45) is 0 Å². The Hall–Kier alpha value is -2.79. The fraction of sp³-hybridized carbons (Fsp3) is 0.200. The quantitative estimate of drug-likeness (QED) is 0.548. The van der Waals surface area contributed by atoms with E-state index < -0.39 is 5.97 Å². The molecule has 2 aromatic carbocycles. The molecule has 0 unspecified atom stereocenters. The first-order valence-corrected chi connectivity index (χ1v) is 8.37. The van der Waals surface area contributed by atoms with Crippen molar-refractivity contribution < 1.29 is 19.1 Å². The summed E-state index contributed by atoms with van der Waals surface area (Å²) < 4.78 is 10.2. The van der Waals surface area contributed by atoms with Crippen LogP contribution in [0.2, 0.25) is 5.02 Å². The third kappa shape index (κ3) is 5.93. The van der Waals surface area contributed by atoms with Gasteiger partial charge >= 0.3 is 5.97 Å². The van der Waals surface area contributed by atoms with Crippen LogP contribution >= 0.6 is 11.6 Å². The summed E-state index contributed by atoms with van der Waals surface area (Å²) >= 11 is 5.82. The van der Waals surface area contributed by atoms with Crippen molar-refractivity contribution in [1.29, 1.82) is 0 Å². The number of hydrogen-bond donors (Lipinski definition) is 0. The van der Waals surface area contributed by atoms with Crippen LogP contribution in [0.15, 0.2) is 54.6 Å². The number of halogens is 1. The Morgan fingerprint density at radius 2 is 1.73 bits per heavy atom. The van der Waals surface area contributed by atoms with Crippen LogP contribution in [-0.2, 0) is 9.53 Å². The number of methoxy groups -OCH3 is 1. The van der Waals surface area contributed by atoms with Crippen LogP contribution in [0.3, 0.4) is 0 Å². The highest BCUT2D eigenvalue weighted by Gasteiger charge is 2.06. The Balaban J connectivity index is 1.81. The minimum atomic E-state index is -0.392. The van der Waals surface area contributed by atoms with Crippen molar-refractivity contribution in [1.82, 2.24) is 4.90 Å². The molecule has 5 nitrogen and oxygen atoms in total. The number of nitrogens with zero attached hydrogens (tertiary/aromatic N) is 1. The highest BCUT2D eigenvalue weighted by atomic mass is 35.5. The highest BCUT2D eigenvalue weighted by Crippen LogP contribution is 2.15. The number of esters is 1. The lowest BCUT2D eigenvalue weighted by Crippen LogP contribution is -2.29. The summed E-state index contributed by atoms with van der Waals surface area (Å²) in [6, 6.07) is 13.9. The molecular weight excluding hydrogens is 354 g/mol. The number of carbonyl (C=O) groups is 2. The second-order valence-corrected chi connectivity index (χ2v) is 5.95. The number of ether oxygens (including phenoxy) is 2. The molecule has 0 aliphatic heterocycles. The molecule has 0 spiro atoms. The van der Waals surface area contributed by atoms with E-state index in [1.807, 2.05) is 0 Å². The van der Waals surface area contributed by atoms with Gasteiger partial charge in [-0.3, -0.25) is 4.79 Å². The van der Waals surface area contributed by atoms with E-state index in [4.69, 9.17) is 16.3 Å². The molecule has 0 radical (unpaired) electrons. The molecule has 2 aromatic rings. The molecule has 1 amide bonds. The molecule has 26 heavy (non-hydrogen) atoms. The molecule has 0 fully saturated rings. The molecule has 0 saturated heterocycles. The van der Waals surface area contributed by atoms with Gasteiger partial charge in [0.1, 0.15) is 12.4 Å². The maximum atomic E-state index is 12.1. The van der Waals surface area contributed by atoms with Gasteiger partial charge in [-0.2, -0.15) is 0 Å². The van der Waals surface area contributed by atoms with Crippen LogP contribution in [-0.4, -0.2) is 44.1 Å². The third-order valence-electron chi connectivity index (χ3n) is 3.64. The summed E-state index contributed by atoms with van der Waals surface area (Å²) in [6.45, 7) is 0.832. The zero-order valence-electron chi connectivity index (χ0n) is 14.6. The number of benzene rings is 2. The van der Waals surface area contributed by atoms with Gasteiger partial charge in [-0.25, -0.2) is 4.79 Å². The fourth-order valence-electron chi connectivity index (χ4n) is 2.08. The lowest BCUT2D eigenvalue weighted by atomic mass is 10.1. The van der Waals surface area contributed by atoms with Gasteiger partial charge in [0.25, 0.3) is 0 Å². The fourth-order valence-corrected chi connectivity index (χ4v) is 2.21. The predicted octanol–water partition coefficient (Wildman–Crippen LogP) is 3.68. The van der Waals surface area contributed by atoms with Crippen molar-refractivity contribution in [2.75, 3.05) is 27.3 Å². The molecule has 0 N–H and O–H groups in total. The first-order chi connectivity index (χ1) is 12.5. The van der Waals surface area contributed by atoms with Crippen molar-refractivity contribution in [3.05, 3.63) is 70.8 Å². The van der Waals surface area contributed by atoms with Crippen molar-refractivity contribution in [2.45, 2.75) is 0 Å². The van der Waals surface area contributed by atoms with Gasteiger partial charge in [-0.1, -0.05) is 23.7 Å². The summed E-state index contributed by atoms with van der Waals surface area (Å²) in [5.41, 5.74) is 1.28. The maximum absolute atomic E-state index is 12.1. The zero-order chi connectivity index (χ0) is 18.9. The van der Waals surface area contributed by atoms with E-state index in [2.05, 4.69) is 4.74 Å². The molecular formula is C20H20ClNO4. The summed E-state index contributed by atoms with van der Waals surface area (Å²) in [5.74, 6) is 0.176. The first kappa shape index (κ1) is 19.5. The van der Waals surface area contributed by atoms with E-state index in [1.54, 1.807) is 66.6 Å². The second kappa shape index (κ2) is 9.63. The average molecular weight is 374 g/mol. The smallest absolute Gasteiger partial charge is 0.337 e. The van der Waals surface area contributed by atoms with E-state index in [0.29, 0.717) is 29.5 Å². The van der Waals surface area contributed by atoms with E-state index >= 15 is 0 Å². The lowest BCUT2D eigenvalue weighted by molar-refractivity contribution is -0.125. The van der Waals surface area contributed by atoms with Crippen LogP contribution in [0.4, 0.5) is 0 Å². The Morgan fingerprint density at radius 3 is 2.35 bits per heavy atom. The largest absolute Gasteiger partial charge is 0.492 e. The van der Waals surface area contributed by atoms with E-state index in [9.17, 15) is 9.59 Å². The van der Waals surface area contributed by atoms with E-state index in [0.717, 1.165) is 5.56 Å². The molecule has 0 bridgehead atoms. The number of likely N-dealkylation sites (N-methyl/N-ethyl adjacent to an activating group) is 1. The van der Waals surface area contributed by atoms with Crippen LogP contribution < -0.4 is 4.74 Å². The molecule has 0 aromatic heterocycles. The monoisotopic (exact) mass is 373 g/mol. The molecule has 0 atom stereocenters. The minimum absolute atomic E-state index is 0.137. The van der Waals surface area contributed by atoms with Crippen LogP contribution in [0.25, 0.3) is 6.08 Å². The summed E-state index contributed by atoms with van der Waals surface area (Å²) in [4.78, 5) is 25.1. The predicted molar refractivity (Wildman–Crippen MR) is 101 cm³/mol. The minimum Gasteiger partial charge on any atom is -0.492 e. The van der Waals surface area contributed by atoms with Crippen molar-refractivity contribution in [3.63, 3.8) is 0 Å². The summed E-state index contributed by atoms with van der Waals surface area (Å²) in [6.07, 6.45) is 3.18. The first-order valence-electron chi connectivity index (χ1n) is 7.99. The normalized spacial score (nSPS) is 10.6. The van der Waals surface area contributed by atoms with Gasteiger partial charge in [0.15, 0.2) is 0 Å². The van der Waals surface area contributed by atoms with Crippen molar-refractivity contribution in [3.8, 4) is 5.75 Å². The Kier molecular flexibility index (Phi) is 7.24. The number of rotatable bonds is 7. The van der Waals surface area contributed by atoms with Gasteiger partial charge in [0.05, 0.1) is 19.2 Å². The van der Waals surface area contributed by atoms with Gasteiger partial charge in [-0.15, -0.1) is 0 Å². The second-order valence-electron chi connectivity index (χ2n) is 5.51. The maximum Gasteiger partial charge on any atom is 0.337 e. The third-order valence-corrected chi connectivity index (χ3v) is 3.89. The number of amides is 1. The van der Waals surface area contributed by atoms with Crippen molar-refractivity contribution >= 4 is 29.6 Å². The Bertz CT molecular complexity index is 769. The molecule has 6 heteroatoms. The standard InChI is InChI=1S/C20H20ClNO4/c1-22(13-14-26-18-10-8-17(21)9-11-18)19(23)12-5-15-3-6-16(7-4-15)20(24)25-2/h3-12H,13-14H2,1-2H3/b12-5+. The SMILES string of the molecule is COC(=O)c1ccc(/C=C/C(=O)N(C)CCOc2ccc(Cl)cc2)cc1. The molecule has 0 heterocycles. The topological polar surface area (TPSA) is 55.8 Å². The highest BCUT2D eigenvalue weighted by molar-refractivity contribution is 6.30. The number of hydrogen-bond acceptors (Lipinski definition) is 4.